The Bertz CT molecular complexity index is 969. The number of fused-ring (bicyclic) bond motifs is 1. The summed E-state index contributed by atoms with van der Waals surface area (Å²) in [7, 11) is 0. The van der Waals surface area contributed by atoms with E-state index in [2.05, 4.69) is 5.32 Å². The topological polar surface area (TPSA) is 86.8 Å². The first-order chi connectivity index (χ1) is 14.3. The lowest BCUT2D eigenvalue weighted by Crippen LogP contribution is -2.51. The lowest BCUT2D eigenvalue weighted by atomic mass is 10.2. The molecule has 3 aliphatic heterocycles. The van der Waals surface area contributed by atoms with Gasteiger partial charge in [-0.15, -0.1) is 11.8 Å². The summed E-state index contributed by atoms with van der Waals surface area (Å²) >= 11 is 2.35. The van der Waals surface area contributed by atoms with E-state index in [-0.39, 0.29) is 40.2 Å². The normalized spacial score (nSPS) is 27.3. The van der Waals surface area contributed by atoms with Crippen LogP contribution in [0.3, 0.4) is 0 Å². The number of nitrogens with one attached hydrogen (secondary N) is 1. The first-order valence-electron chi connectivity index (χ1n) is 9.54. The minimum absolute atomic E-state index is 0.0100. The summed E-state index contributed by atoms with van der Waals surface area (Å²) in [6.45, 7) is 2.07. The van der Waals surface area contributed by atoms with E-state index in [1.54, 1.807) is 28.8 Å². The van der Waals surface area contributed by atoms with Crippen LogP contribution in [0.25, 0.3) is 6.08 Å². The Kier molecular flexibility index (Phi) is 5.63. The molecule has 0 aromatic heterocycles. The number of nitrogens with zero attached hydrogens (tertiary/aromatic N) is 2. The zero-order valence-corrected chi connectivity index (χ0v) is 17.9. The molecule has 1 aromatic carbocycles. The van der Waals surface area contributed by atoms with Crippen LogP contribution in [0, 0.1) is 5.82 Å². The summed E-state index contributed by atoms with van der Waals surface area (Å²) in [6.07, 6.45) is 2.53. The van der Waals surface area contributed by atoms with Gasteiger partial charge in [-0.2, -0.15) is 0 Å². The van der Waals surface area contributed by atoms with Crippen molar-refractivity contribution in [2.75, 3.05) is 18.8 Å². The summed E-state index contributed by atoms with van der Waals surface area (Å²) in [6, 6.07) is 5.46. The average Bonchev–Trinajstić information content (AvgIpc) is 3.30. The molecule has 3 aliphatic rings. The summed E-state index contributed by atoms with van der Waals surface area (Å²) in [5.74, 6) is -0.765. The molecule has 1 N–H and O–H groups in total. The second-order valence-electron chi connectivity index (χ2n) is 7.41. The molecule has 0 unspecified atom stereocenters. The standard InChI is InChI=1S/C20H20FN3O4S2/c1-20-7-6-16(25)24(20)14(11-29-20)17(26)22-8-9-23-18(27)15(30-19(23)28)10-12-4-2-3-5-13(12)21/h2-5,10,14H,6-9,11H2,1H3,(H,22,26)/b15-10+/t14-,20-/m0/s1. The number of hydrogen-bond donors (Lipinski definition) is 1. The van der Waals surface area contributed by atoms with Gasteiger partial charge in [-0.1, -0.05) is 18.2 Å². The molecule has 0 saturated carbocycles. The van der Waals surface area contributed by atoms with E-state index < -0.39 is 23.0 Å². The van der Waals surface area contributed by atoms with E-state index in [0.29, 0.717) is 12.2 Å². The summed E-state index contributed by atoms with van der Waals surface area (Å²) in [4.78, 5) is 52.0. The fourth-order valence-corrected chi connectivity index (χ4v) is 6.14. The van der Waals surface area contributed by atoms with Crippen LogP contribution in [0.5, 0.6) is 0 Å². The van der Waals surface area contributed by atoms with Gasteiger partial charge in [0.05, 0.1) is 9.78 Å². The highest BCUT2D eigenvalue weighted by Crippen LogP contribution is 2.47. The number of thioether (sulfide) groups is 2. The fraction of sp³-hybridized carbons (Fsp3) is 0.400. The summed E-state index contributed by atoms with van der Waals surface area (Å²) < 4.78 is 13.8. The highest BCUT2D eigenvalue weighted by molar-refractivity contribution is 8.18. The van der Waals surface area contributed by atoms with E-state index in [9.17, 15) is 23.6 Å². The Balaban J connectivity index is 1.35. The lowest BCUT2D eigenvalue weighted by Gasteiger charge is -2.29. The van der Waals surface area contributed by atoms with E-state index in [0.717, 1.165) is 23.1 Å². The van der Waals surface area contributed by atoms with Crippen LogP contribution >= 0.6 is 23.5 Å². The van der Waals surface area contributed by atoms with Crippen LogP contribution in [0.4, 0.5) is 9.18 Å². The van der Waals surface area contributed by atoms with Crippen molar-refractivity contribution in [1.29, 1.82) is 0 Å². The van der Waals surface area contributed by atoms with Crippen LogP contribution < -0.4 is 5.32 Å². The maximum absolute atomic E-state index is 13.8. The van der Waals surface area contributed by atoms with Crippen molar-refractivity contribution >= 4 is 52.6 Å². The summed E-state index contributed by atoms with van der Waals surface area (Å²) in [5, 5.41) is 2.27. The maximum atomic E-state index is 13.8. The van der Waals surface area contributed by atoms with E-state index in [1.165, 1.54) is 18.2 Å². The van der Waals surface area contributed by atoms with Crippen LogP contribution in [0.15, 0.2) is 29.2 Å². The molecule has 3 heterocycles. The highest BCUT2D eigenvalue weighted by atomic mass is 32.2. The SMILES string of the molecule is C[C@]12CCC(=O)N1[C@H](C(=O)NCCN1C(=O)S/C(=C/c3ccccc3F)C1=O)CS2. The maximum Gasteiger partial charge on any atom is 0.293 e. The number of hydrogen-bond acceptors (Lipinski definition) is 6. The van der Waals surface area contributed by atoms with Gasteiger partial charge in [0.2, 0.25) is 11.8 Å². The first kappa shape index (κ1) is 20.9. The Hall–Kier alpha value is -2.33. The van der Waals surface area contributed by atoms with Crippen LogP contribution in [0.2, 0.25) is 0 Å². The number of rotatable bonds is 5. The molecule has 7 nitrogen and oxygen atoms in total. The Morgan fingerprint density at radius 3 is 2.87 bits per heavy atom. The molecule has 2 atom stereocenters. The monoisotopic (exact) mass is 449 g/mol. The molecule has 30 heavy (non-hydrogen) atoms. The number of amides is 4. The summed E-state index contributed by atoms with van der Waals surface area (Å²) in [5.41, 5.74) is 0.230. The smallest absolute Gasteiger partial charge is 0.293 e. The minimum Gasteiger partial charge on any atom is -0.352 e. The quantitative estimate of drug-likeness (QED) is 0.695. The van der Waals surface area contributed by atoms with E-state index in [4.69, 9.17) is 0 Å². The fourth-order valence-electron chi connectivity index (χ4n) is 3.85. The van der Waals surface area contributed by atoms with Gasteiger partial charge in [-0.05, 0) is 37.2 Å². The zero-order valence-electron chi connectivity index (χ0n) is 16.2. The molecule has 3 saturated heterocycles. The van der Waals surface area contributed by atoms with Crippen LogP contribution in [-0.4, -0.2) is 62.5 Å². The molecule has 0 bridgehead atoms. The van der Waals surface area contributed by atoms with Gasteiger partial charge in [0, 0.05) is 30.8 Å². The van der Waals surface area contributed by atoms with Crippen molar-refractivity contribution in [3.05, 3.63) is 40.6 Å². The molecule has 10 heteroatoms. The van der Waals surface area contributed by atoms with Crippen LogP contribution in [-0.2, 0) is 14.4 Å². The van der Waals surface area contributed by atoms with Crippen molar-refractivity contribution < 1.29 is 23.6 Å². The van der Waals surface area contributed by atoms with Crippen molar-refractivity contribution in [1.82, 2.24) is 15.1 Å². The predicted molar refractivity (Wildman–Crippen MR) is 113 cm³/mol. The van der Waals surface area contributed by atoms with E-state index in [1.807, 2.05) is 6.92 Å². The number of carbonyl (C=O) groups excluding carboxylic acids is 4. The van der Waals surface area contributed by atoms with Crippen molar-refractivity contribution in [2.24, 2.45) is 0 Å². The third kappa shape index (κ3) is 3.74. The van der Waals surface area contributed by atoms with Crippen molar-refractivity contribution in [2.45, 2.75) is 30.7 Å². The van der Waals surface area contributed by atoms with E-state index >= 15 is 0 Å². The molecule has 4 rings (SSSR count). The molecular weight excluding hydrogens is 429 g/mol. The van der Waals surface area contributed by atoms with Gasteiger partial charge in [-0.25, -0.2) is 4.39 Å². The third-order valence-electron chi connectivity index (χ3n) is 5.45. The van der Waals surface area contributed by atoms with Gasteiger partial charge in [0.1, 0.15) is 11.9 Å². The van der Waals surface area contributed by atoms with Gasteiger partial charge in [-0.3, -0.25) is 24.1 Å². The second kappa shape index (κ2) is 8.07. The molecule has 4 amide bonds. The molecule has 0 aliphatic carbocycles. The van der Waals surface area contributed by atoms with Crippen molar-refractivity contribution in [3.63, 3.8) is 0 Å². The number of carbonyl (C=O) groups is 4. The zero-order chi connectivity index (χ0) is 21.5. The minimum atomic E-state index is -0.536. The molecule has 0 spiro atoms. The largest absolute Gasteiger partial charge is 0.352 e. The average molecular weight is 450 g/mol. The first-order valence-corrected chi connectivity index (χ1v) is 11.3. The Morgan fingerprint density at radius 1 is 1.33 bits per heavy atom. The Labute approximate surface area is 181 Å². The van der Waals surface area contributed by atoms with Crippen molar-refractivity contribution in [3.8, 4) is 0 Å². The predicted octanol–water partition coefficient (Wildman–Crippen LogP) is 2.43. The molecule has 0 radical (unpaired) electrons. The van der Waals surface area contributed by atoms with Gasteiger partial charge >= 0.3 is 0 Å². The molecule has 158 valence electrons. The number of benzene rings is 1. The number of halogens is 1. The highest BCUT2D eigenvalue weighted by Gasteiger charge is 2.52. The second-order valence-corrected chi connectivity index (χ2v) is 9.91. The Morgan fingerprint density at radius 2 is 2.10 bits per heavy atom. The molecule has 3 fully saturated rings. The third-order valence-corrected chi connectivity index (χ3v) is 7.86. The van der Waals surface area contributed by atoms with Gasteiger partial charge in [0.15, 0.2) is 0 Å². The molecule has 1 aromatic rings. The number of imide groups is 1. The van der Waals surface area contributed by atoms with Gasteiger partial charge in [0.25, 0.3) is 11.1 Å². The van der Waals surface area contributed by atoms with Gasteiger partial charge < -0.3 is 10.2 Å². The van der Waals surface area contributed by atoms with Crippen LogP contribution in [0.1, 0.15) is 25.3 Å². The lowest BCUT2D eigenvalue weighted by molar-refractivity contribution is -0.137. The molecular formula is C20H20FN3O4S2.